The molecule has 0 amide bonds. The van der Waals surface area contributed by atoms with Crippen LogP contribution in [0.15, 0.2) is 0 Å². The van der Waals surface area contributed by atoms with Crippen molar-refractivity contribution in [2.24, 2.45) is 11.8 Å². The van der Waals surface area contributed by atoms with E-state index in [1.165, 1.54) is 13.3 Å². The van der Waals surface area contributed by atoms with Crippen molar-refractivity contribution in [2.45, 2.75) is 37.7 Å². The Kier molecular flexibility index (Phi) is 2.03. The molecule has 2 aliphatic rings. The third kappa shape index (κ3) is 1.22. The van der Waals surface area contributed by atoms with E-state index in [2.05, 4.69) is 0 Å². The molecule has 4 atom stereocenters. The van der Waals surface area contributed by atoms with Crippen LogP contribution in [-0.4, -0.2) is 17.5 Å². The average Bonchev–Trinajstić information content (AvgIpc) is 2.44. The lowest BCUT2D eigenvalue weighted by Crippen LogP contribution is -2.22. The number of carbonyl (C=O) groups is 1. The van der Waals surface area contributed by atoms with Crippen LogP contribution in [0.3, 0.4) is 0 Å². The van der Waals surface area contributed by atoms with Crippen molar-refractivity contribution in [1.82, 2.24) is 0 Å². The van der Waals surface area contributed by atoms with E-state index in [9.17, 15) is 4.79 Å². The van der Waals surface area contributed by atoms with Crippen molar-refractivity contribution < 1.29 is 9.53 Å². The van der Waals surface area contributed by atoms with Crippen LogP contribution in [0.2, 0.25) is 0 Å². The molecule has 0 aromatic carbocycles. The Bertz CT molecular complexity index is 205. The van der Waals surface area contributed by atoms with Crippen LogP contribution in [0.4, 0.5) is 0 Å². The number of fused-ring (bicyclic) bond motifs is 2. The van der Waals surface area contributed by atoms with Gasteiger partial charge in [0.25, 0.3) is 0 Å². The van der Waals surface area contributed by atoms with Crippen LogP contribution >= 0.6 is 11.6 Å². The topological polar surface area (TPSA) is 26.3 Å². The Morgan fingerprint density at radius 3 is 2.67 bits per heavy atom. The molecule has 0 aromatic rings. The van der Waals surface area contributed by atoms with Crippen molar-refractivity contribution in [1.29, 1.82) is 0 Å². The fraction of sp³-hybridized carbons (Fsp3) is 0.889. The molecular formula is C9H13ClO2. The maximum Gasteiger partial charge on any atom is 0.302 e. The number of halogens is 1. The molecule has 2 rings (SSSR count). The average molecular weight is 189 g/mol. The third-order valence-electron chi connectivity index (χ3n) is 3.05. The predicted octanol–water partition coefficient (Wildman–Crippen LogP) is 1.96. The van der Waals surface area contributed by atoms with Crippen molar-refractivity contribution in [3.05, 3.63) is 0 Å². The van der Waals surface area contributed by atoms with Gasteiger partial charge in [0.15, 0.2) is 0 Å². The van der Waals surface area contributed by atoms with Crippen molar-refractivity contribution in [3.8, 4) is 0 Å². The molecule has 0 radical (unpaired) electrons. The predicted molar refractivity (Wildman–Crippen MR) is 46.0 cm³/mol. The highest BCUT2D eigenvalue weighted by Crippen LogP contribution is 2.48. The van der Waals surface area contributed by atoms with Crippen molar-refractivity contribution in [2.75, 3.05) is 0 Å². The van der Waals surface area contributed by atoms with Crippen LogP contribution in [0.5, 0.6) is 0 Å². The molecule has 3 heteroatoms. The van der Waals surface area contributed by atoms with Crippen LogP contribution in [0.1, 0.15) is 26.2 Å². The van der Waals surface area contributed by atoms with E-state index in [1.54, 1.807) is 0 Å². The zero-order valence-corrected chi connectivity index (χ0v) is 7.88. The molecule has 0 N–H and O–H groups in total. The highest BCUT2D eigenvalue weighted by Gasteiger charge is 2.49. The van der Waals surface area contributed by atoms with E-state index in [0.29, 0.717) is 11.8 Å². The summed E-state index contributed by atoms with van der Waals surface area (Å²) in [5, 5.41) is 0.244. The molecule has 0 heterocycles. The first kappa shape index (κ1) is 8.36. The van der Waals surface area contributed by atoms with Gasteiger partial charge in [-0.2, -0.15) is 0 Å². The van der Waals surface area contributed by atoms with E-state index in [4.69, 9.17) is 16.3 Å². The van der Waals surface area contributed by atoms with Crippen LogP contribution < -0.4 is 0 Å². The Hall–Kier alpha value is -0.240. The monoisotopic (exact) mass is 188 g/mol. The molecule has 0 saturated heterocycles. The first-order valence-corrected chi connectivity index (χ1v) is 4.93. The molecule has 2 aliphatic carbocycles. The van der Waals surface area contributed by atoms with Gasteiger partial charge in [0.05, 0.1) is 0 Å². The first-order valence-electron chi connectivity index (χ1n) is 4.50. The van der Waals surface area contributed by atoms with Gasteiger partial charge >= 0.3 is 5.97 Å². The van der Waals surface area contributed by atoms with Gasteiger partial charge in [-0.25, -0.2) is 0 Å². The highest BCUT2D eigenvalue weighted by molar-refractivity contribution is 6.21. The first-order chi connectivity index (χ1) is 5.68. The minimum atomic E-state index is -0.164. The van der Waals surface area contributed by atoms with E-state index in [1.807, 2.05) is 0 Å². The molecule has 0 spiro atoms. The van der Waals surface area contributed by atoms with Gasteiger partial charge in [-0.15, -0.1) is 11.6 Å². The number of esters is 1. The van der Waals surface area contributed by atoms with Crippen LogP contribution in [0, 0.1) is 11.8 Å². The van der Waals surface area contributed by atoms with Crippen molar-refractivity contribution >= 4 is 17.6 Å². The normalized spacial score (nSPS) is 44.8. The molecular weight excluding hydrogens is 176 g/mol. The molecule has 0 aromatic heterocycles. The van der Waals surface area contributed by atoms with E-state index >= 15 is 0 Å². The molecule has 0 unspecified atom stereocenters. The minimum Gasteiger partial charge on any atom is -0.462 e. The SMILES string of the molecule is CC(=O)O[C@@H]1[C@H]2CC[C@@H]1[C@H](Cl)C2. The largest absolute Gasteiger partial charge is 0.462 e. The second-order valence-corrected chi connectivity index (χ2v) is 4.39. The number of hydrogen-bond acceptors (Lipinski definition) is 2. The molecule has 0 aliphatic heterocycles. The standard InChI is InChI=1S/C9H13ClO2/c1-5(11)12-9-6-2-3-7(9)8(10)4-6/h6-9H,2-4H2,1H3/t6-,7+,8+,9+/m0/s1. The number of carbonyl (C=O) groups excluding carboxylic acids is 1. The van der Waals surface area contributed by atoms with Crippen LogP contribution in [0.25, 0.3) is 0 Å². The van der Waals surface area contributed by atoms with Gasteiger partial charge in [-0.3, -0.25) is 4.79 Å². The maximum absolute atomic E-state index is 10.8. The van der Waals surface area contributed by atoms with E-state index < -0.39 is 0 Å². The summed E-state index contributed by atoms with van der Waals surface area (Å²) in [6.45, 7) is 1.47. The van der Waals surface area contributed by atoms with Crippen molar-refractivity contribution in [3.63, 3.8) is 0 Å². The second kappa shape index (κ2) is 2.91. The number of ether oxygens (including phenoxy) is 1. The molecule has 12 heavy (non-hydrogen) atoms. The van der Waals surface area contributed by atoms with Gasteiger partial charge in [0, 0.05) is 18.2 Å². The summed E-state index contributed by atoms with van der Waals surface area (Å²) in [4.78, 5) is 10.8. The quantitative estimate of drug-likeness (QED) is 0.465. The Morgan fingerprint density at radius 2 is 2.25 bits per heavy atom. The summed E-state index contributed by atoms with van der Waals surface area (Å²) in [6.07, 6.45) is 3.48. The summed E-state index contributed by atoms with van der Waals surface area (Å²) in [6, 6.07) is 0. The van der Waals surface area contributed by atoms with Crippen LogP contribution in [-0.2, 0) is 9.53 Å². The zero-order chi connectivity index (χ0) is 8.72. The lowest BCUT2D eigenvalue weighted by atomic mass is 10.0. The number of rotatable bonds is 1. The van der Waals surface area contributed by atoms with Gasteiger partial charge in [0.2, 0.25) is 0 Å². The minimum absolute atomic E-state index is 0.130. The summed E-state index contributed by atoms with van der Waals surface area (Å²) in [5.74, 6) is 0.810. The smallest absolute Gasteiger partial charge is 0.302 e. The van der Waals surface area contributed by atoms with Gasteiger partial charge in [0.1, 0.15) is 6.10 Å². The molecule has 2 bridgehead atoms. The van der Waals surface area contributed by atoms with Gasteiger partial charge in [-0.1, -0.05) is 0 Å². The van der Waals surface area contributed by atoms with E-state index in [-0.39, 0.29) is 17.5 Å². The summed E-state index contributed by atoms with van der Waals surface area (Å²) < 4.78 is 5.25. The zero-order valence-electron chi connectivity index (χ0n) is 7.13. The summed E-state index contributed by atoms with van der Waals surface area (Å²) in [7, 11) is 0. The molecule has 68 valence electrons. The fourth-order valence-electron chi connectivity index (χ4n) is 2.56. The molecule has 2 nitrogen and oxygen atoms in total. The maximum atomic E-state index is 10.8. The summed E-state index contributed by atoms with van der Waals surface area (Å²) >= 11 is 6.10. The lowest BCUT2D eigenvalue weighted by molar-refractivity contribution is -0.148. The van der Waals surface area contributed by atoms with Gasteiger partial charge in [-0.05, 0) is 25.2 Å². The summed E-state index contributed by atoms with van der Waals surface area (Å²) in [5.41, 5.74) is 0. The Balaban J connectivity index is 2.03. The lowest BCUT2D eigenvalue weighted by Gasteiger charge is -2.16. The van der Waals surface area contributed by atoms with Gasteiger partial charge < -0.3 is 4.74 Å². The number of hydrogen-bond donors (Lipinski definition) is 0. The number of alkyl halides is 1. The Labute approximate surface area is 77.2 Å². The fourth-order valence-corrected chi connectivity index (χ4v) is 3.06. The molecule has 2 fully saturated rings. The third-order valence-corrected chi connectivity index (χ3v) is 3.55. The second-order valence-electron chi connectivity index (χ2n) is 3.83. The Morgan fingerprint density at radius 1 is 1.50 bits per heavy atom. The highest BCUT2D eigenvalue weighted by atomic mass is 35.5. The molecule has 2 saturated carbocycles. The van der Waals surface area contributed by atoms with E-state index in [0.717, 1.165) is 12.8 Å².